The number of aromatic nitrogens is 2. The Morgan fingerprint density at radius 3 is 2.50 bits per heavy atom. The van der Waals surface area contributed by atoms with Crippen LogP contribution in [-0.2, 0) is 6.42 Å². The molecule has 106 valence electrons. The van der Waals surface area contributed by atoms with E-state index in [0.29, 0.717) is 18.5 Å². The number of nitrogens with two attached hydrogens (primary N) is 1. The van der Waals surface area contributed by atoms with Crippen LogP contribution in [-0.4, -0.2) is 16.5 Å². The monoisotopic (exact) mass is 271 g/mol. The fraction of sp³-hybridized carbons (Fsp3) is 0.375. The summed E-state index contributed by atoms with van der Waals surface area (Å²) in [6, 6.07) is 6.58. The Hall–Kier alpha value is -1.94. The maximum absolute atomic E-state index is 5.83. The van der Waals surface area contributed by atoms with E-state index in [1.807, 2.05) is 13.0 Å². The highest BCUT2D eigenvalue weighted by Gasteiger charge is 2.10. The molecule has 0 spiro atoms. The average Bonchev–Trinajstić information content (AvgIpc) is 2.41. The zero-order valence-electron chi connectivity index (χ0n) is 12.3. The second kappa shape index (κ2) is 6.48. The molecular formula is C16H21N3O. The van der Waals surface area contributed by atoms with Crippen molar-refractivity contribution < 1.29 is 4.74 Å². The Morgan fingerprint density at radius 1 is 1.20 bits per heavy atom. The van der Waals surface area contributed by atoms with Gasteiger partial charge in [-0.3, -0.25) is 0 Å². The van der Waals surface area contributed by atoms with Crippen LogP contribution in [0.5, 0.6) is 11.8 Å². The van der Waals surface area contributed by atoms with Crippen LogP contribution in [0.25, 0.3) is 0 Å². The molecule has 0 saturated heterocycles. The van der Waals surface area contributed by atoms with Crippen molar-refractivity contribution in [3.8, 4) is 11.8 Å². The van der Waals surface area contributed by atoms with Gasteiger partial charge in [0.25, 0.3) is 0 Å². The fourth-order valence-electron chi connectivity index (χ4n) is 2.00. The van der Waals surface area contributed by atoms with Crippen LogP contribution in [0, 0.1) is 6.92 Å². The first-order chi connectivity index (χ1) is 9.60. The molecule has 0 unspecified atom stereocenters. The maximum atomic E-state index is 5.83. The van der Waals surface area contributed by atoms with E-state index in [1.165, 1.54) is 0 Å². The van der Waals surface area contributed by atoms with Gasteiger partial charge in [0, 0.05) is 12.4 Å². The van der Waals surface area contributed by atoms with E-state index < -0.39 is 0 Å². The molecule has 0 bridgehead atoms. The number of nitrogens with zero attached hydrogens (tertiary/aromatic N) is 2. The summed E-state index contributed by atoms with van der Waals surface area (Å²) in [5.41, 5.74) is 8.84. The molecule has 4 nitrogen and oxygen atoms in total. The SMILES string of the molecule is Cc1ccc(C(C)C)c(Oc2ncc(CCN)cn2)c1. The number of benzene rings is 1. The molecule has 2 N–H and O–H groups in total. The Bertz CT molecular complexity index is 564. The van der Waals surface area contributed by atoms with Gasteiger partial charge in [0.15, 0.2) is 0 Å². The van der Waals surface area contributed by atoms with E-state index in [9.17, 15) is 0 Å². The summed E-state index contributed by atoms with van der Waals surface area (Å²) < 4.78 is 5.83. The molecule has 0 amide bonds. The molecule has 1 aromatic heterocycles. The van der Waals surface area contributed by atoms with E-state index >= 15 is 0 Å². The van der Waals surface area contributed by atoms with Crippen LogP contribution in [0.15, 0.2) is 30.6 Å². The van der Waals surface area contributed by atoms with Crippen LogP contribution in [0.2, 0.25) is 0 Å². The van der Waals surface area contributed by atoms with E-state index in [-0.39, 0.29) is 0 Å². The second-order valence-corrected chi connectivity index (χ2v) is 5.21. The molecule has 0 aliphatic rings. The van der Waals surface area contributed by atoms with Crippen molar-refractivity contribution in [1.29, 1.82) is 0 Å². The lowest BCUT2D eigenvalue weighted by atomic mass is 10.0. The standard InChI is InChI=1S/C16H21N3O/c1-11(2)14-5-4-12(3)8-15(14)20-16-18-9-13(6-7-17)10-19-16/h4-5,8-11H,6-7,17H2,1-3H3. The first-order valence-corrected chi connectivity index (χ1v) is 6.89. The van der Waals surface area contributed by atoms with Crippen molar-refractivity contribution in [2.45, 2.75) is 33.1 Å². The minimum atomic E-state index is 0.373. The van der Waals surface area contributed by atoms with Crippen molar-refractivity contribution in [2.75, 3.05) is 6.54 Å². The van der Waals surface area contributed by atoms with Crippen molar-refractivity contribution in [3.63, 3.8) is 0 Å². The Kier molecular flexibility index (Phi) is 4.69. The van der Waals surface area contributed by atoms with Gasteiger partial charge >= 0.3 is 6.01 Å². The predicted octanol–water partition coefficient (Wildman–Crippen LogP) is 3.20. The minimum Gasteiger partial charge on any atom is -0.424 e. The third-order valence-electron chi connectivity index (χ3n) is 3.11. The van der Waals surface area contributed by atoms with Crippen LogP contribution >= 0.6 is 0 Å². The normalized spacial score (nSPS) is 10.8. The molecule has 0 atom stereocenters. The van der Waals surface area contributed by atoms with E-state index in [1.54, 1.807) is 12.4 Å². The van der Waals surface area contributed by atoms with Gasteiger partial charge in [-0.1, -0.05) is 26.0 Å². The molecule has 0 saturated carbocycles. The largest absolute Gasteiger partial charge is 0.424 e. The first kappa shape index (κ1) is 14.5. The van der Waals surface area contributed by atoms with Crippen molar-refractivity contribution >= 4 is 0 Å². The molecule has 4 heteroatoms. The summed E-state index contributed by atoms with van der Waals surface area (Å²) in [5.74, 6) is 1.22. The van der Waals surface area contributed by atoms with Crippen molar-refractivity contribution in [3.05, 3.63) is 47.3 Å². The predicted molar refractivity (Wildman–Crippen MR) is 80.1 cm³/mol. The summed E-state index contributed by atoms with van der Waals surface area (Å²) in [6.45, 7) is 6.92. The van der Waals surface area contributed by atoms with E-state index in [4.69, 9.17) is 10.5 Å². The van der Waals surface area contributed by atoms with Crippen LogP contribution < -0.4 is 10.5 Å². The Morgan fingerprint density at radius 2 is 1.90 bits per heavy atom. The molecule has 2 aromatic rings. The molecule has 1 heterocycles. The number of hydrogen-bond acceptors (Lipinski definition) is 4. The first-order valence-electron chi connectivity index (χ1n) is 6.89. The zero-order chi connectivity index (χ0) is 14.5. The molecule has 0 aliphatic carbocycles. The summed E-state index contributed by atoms with van der Waals surface area (Å²) >= 11 is 0. The molecule has 20 heavy (non-hydrogen) atoms. The molecule has 2 rings (SSSR count). The van der Waals surface area contributed by atoms with Crippen LogP contribution in [0.1, 0.15) is 36.5 Å². The second-order valence-electron chi connectivity index (χ2n) is 5.21. The minimum absolute atomic E-state index is 0.373. The zero-order valence-corrected chi connectivity index (χ0v) is 12.3. The summed E-state index contributed by atoms with van der Waals surface area (Å²) in [4.78, 5) is 8.47. The molecule has 0 aliphatic heterocycles. The van der Waals surface area contributed by atoms with Gasteiger partial charge in [-0.05, 0) is 48.6 Å². The van der Waals surface area contributed by atoms with Gasteiger partial charge < -0.3 is 10.5 Å². The quantitative estimate of drug-likeness (QED) is 0.907. The van der Waals surface area contributed by atoms with Crippen LogP contribution in [0.4, 0.5) is 0 Å². The number of hydrogen-bond donors (Lipinski definition) is 1. The number of ether oxygens (including phenoxy) is 1. The highest BCUT2D eigenvalue weighted by atomic mass is 16.5. The van der Waals surface area contributed by atoms with Gasteiger partial charge in [-0.2, -0.15) is 0 Å². The molecule has 1 aromatic carbocycles. The Balaban J connectivity index is 2.22. The summed E-state index contributed by atoms with van der Waals surface area (Å²) in [7, 11) is 0. The lowest BCUT2D eigenvalue weighted by Crippen LogP contribution is -2.04. The van der Waals surface area contributed by atoms with Crippen LogP contribution in [0.3, 0.4) is 0 Å². The molecule has 0 fully saturated rings. The average molecular weight is 271 g/mol. The lowest BCUT2D eigenvalue weighted by molar-refractivity contribution is 0.433. The van der Waals surface area contributed by atoms with Crippen molar-refractivity contribution in [2.24, 2.45) is 5.73 Å². The number of aryl methyl sites for hydroxylation is 1. The highest BCUT2D eigenvalue weighted by Crippen LogP contribution is 2.30. The Labute approximate surface area is 120 Å². The van der Waals surface area contributed by atoms with Gasteiger partial charge in [-0.25, -0.2) is 9.97 Å². The lowest BCUT2D eigenvalue weighted by Gasteiger charge is -2.13. The summed E-state index contributed by atoms with van der Waals surface area (Å²) in [6.07, 6.45) is 4.31. The molecule has 0 radical (unpaired) electrons. The van der Waals surface area contributed by atoms with Crippen molar-refractivity contribution in [1.82, 2.24) is 9.97 Å². The third-order valence-corrected chi connectivity index (χ3v) is 3.11. The topological polar surface area (TPSA) is 61.0 Å². The maximum Gasteiger partial charge on any atom is 0.321 e. The van der Waals surface area contributed by atoms with E-state index in [2.05, 4.69) is 35.9 Å². The smallest absolute Gasteiger partial charge is 0.321 e. The van der Waals surface area contributed by atoms with Gasteiger partial charge in [0.2, 0.25) is 0 Å². The molecular weight excluding hydrogens is 250 g/mol. The van der Waals surface area contributed by atoms with Gasteiger partial charge in [0.1, 0.15) is 5.75 Å². The number of rotatable bonds is 5. The van der Waals surface area contributed by atoms with Gasteiger partial charge in [-0.15, -0.1) is 0 Å². The highest BCUT2D eigenvalue weighted by molar-refractivity contribution is 5.40. The van der Waals surface area contributed by atoms with Gasteiger partial charge in [0.05, 0.1) is 0 Å². The fourth-order valence-corrected chi connectivity index (χ4v) is 2.00. The van der Waals surface area contributed by atoms with E-state index in [0.717, 1.165) is 28.9 Å². The summed E-state index contributed by atoms with van der Waals surface area (Å²) in [5, 5.41) is 0. The third kappa shape index (κ3) is 3.54.